The zero-order valence-electron chi connectivity index (χ0n) is 14.0. The lowest BCUT2D eigenvalue weighted by Crippen LogP contribution is -2.38. The molecule has 1 aromatic rings. The van der Waals surface area contributed by atoms with Crippen LogP contribution >= 0.6 is 12.2 Å². The van der Waals surface area contributed by atoms with E-state index >= 15 is 0 Å². The Hall–Kier alpha value is -0.740. The lowest BCUT2D eigenvalue weighted by molar-refractivity contribution is -0.0731. The molecule has 1 heterocycles. The van der Waals surface area contributed by atoms with Crippen molar-refractivity contribution < 1.29 is 4.74 Å². The summed E-state index contributed by atoms with van der Waals surface area (Å²) < 4.78 is 6.60. The van der Waals surface area contributed by atoms with E-state index in [1.165, 1.54) is 5.69 Å². The van der Waals surface area contributed by atoms with Crippen molar-refractivity contribution >= 4 is 12.2 Å². The van der Waals surface area contributed by atoms with Gasteiger partial charge in [0.15, 0.2) is 0 Å². The standard InChI is InChI=1S/C17H28N2OS/c1-12(2)10-13-11-14(21)19-15(18-13)17(20-5)8-6-16(3,4)7-9-17/h11-12H,6-10H2,1-5H3,(H,18,19,21). The summed E-state index contributed by atoms with van der Waals surface area (Å²) in [4.78, 5) is 8.09. The predicted octanol–water partition coefficient (Wildman–Crippen LogP) is 4.78. The molecule has 4 heteroatoms. The highest BCUT2D eigenvalue weighted by Gasteiger charge is 2.41. The third-order valence-electron chi connectivity index (χ3n) is 4.66. The fourth-order valence-corrected chi connectivity index (χ4v) is 3.37. The van der Waals surface area contributed by atoms with Crippen molar-refractivity contribution in [2.24, 2.45) is 11.3 Å². The number of hydrogen-bond acceptors (Lipinski definition) is 3. The van der Waals surface area contributed by atoms with Crippen LogP contribution in [0.2, 0.25) is 0 Å². The molecule has 3 nitrogen and oxygen atoms in total. The highest BCUT2D eigenvalue weighted by Crippen LogP contribution is 2.46. The fourth-order valence-electron chi connectivity index (χ4n) is 3.14. The molecule has 1 aliphatic carbocycles. The summed E-state index contributed by atoms with van der Waals surface area (Å²) in [6, 6.07) is 1.98. The minimum absolute atomic E-state index is 0.296. The molecule has 0 unspecified atom stereocenters. The molecule has 1 N–H and O–H groups in total. The first kappa shape index (κ1) is 16.6. The molecule has 0 radical (unpaired) electrons. The number of aromatic amines is 1. The van der Waals surface area contributed by atoms with Crippen LogP contribution in [0.4, 0.5) is 0 Å². The van der Waals surface area contributed by atoms with Gasteiger partial charge in [-0.15, -0.1) is 0 Å². The van der Waals surface area contributed by atoms with Crippen molar-refractivity contribution in [3.8, 4) is 0 Å². The van der Waals surface area contributed by atoms with Gasteiger partial charge in [0, 0.05) is 12.8 Å². The van der Waals surface area contributed by atoms with Gasteiger partial charge >= 0.3 is 0 Å². The summed E-state index contributed by atoms with van der Waals surface area (Å²) in [7, 11) is 1.80. The molecule has 1 aliphatic rings. The molecule has 118 valence electrons. The Bertz CT molecular complexity index is 538. The van der Waals surface area contributed by atoms with E-state index in [1.54, 1.807) is 7.11 Å². The van der Waals surface area contributed by atoms with Gasteiger partial charge < -0.3 is 9.72 Å². The normalized spacial score (nSPS) is 20.7. The molecule has 1 fully saturated rings. The molecule has 0 atom stereocenters. The van der Waals surface area contributed by atoms with Gasteiger partial charge in [-0.1, -0.05) is 39.9 Å². The summed E-state index contributed by atoms with van der Waals surface area (Å²) in [6.07, 6.45) is 5.29. The molecule has 0 bridgehead atoms. The molecule has 0 spiro atoms. The summed E-state index contributed by atoms with van der Waals surface area (Å²) >= 11 is 5.37. The van der Waals surface area contributed by atoms with Crippen LogP contribution in [-0.2, 0) is 16.8 Å². The number of nitrogens with one attached hydrogen (secondary N) is 1. The Morgan fingerprint density at radius 1 is 1.29 bits per heavy atom. The Labute approximate surface area is 133 Å². The Balaban J connectivity index is 2.34. The summed E-state index contributed by atoms with van der Waals surface area (Å²) in [6.45, 7) is 9.09. The Kier molecular flexibility index (Phi) is 4.89. The van der Waals surface area contributed by atoms with Gasteiger partial charge in [-0.2, -0.15) is 0 Å². The number of aromatic nitrogens is 2. The minimum atomic E-state index is -0.296. The molecule has 21 heavy (non-hydrogen) atoms. The van der Waals surface area contributed by atoms with Crippen LogP contribution in [0.1, 0.15) is 64.9 Å². The number of H-pyrrole nitrogens is 1. The monoisotopic (exact) mass is 308 g/mol. The van der Waals surface area contributed by atoms with Crippen molar-refractivity contribution in [3.63, 3.8) is 0 Å². The first-order chi connectivity index (χ1) is 9.76. The maximum absolute atomic E-state index is 5.93. The Morgan fingerprint density at radius 3 is 2.43 bits per heavy atom. The highest BCUT2D eigenvalue weighted by atomic mass is 32.1. The number of rotatable bonds is 4. The first-order valence-corrected chi connectivity index (χ1v) is 8.33. The second kappa shape index (κ2) is 6.17. The molecule has 1 saturated carbocycles. The fraction of sp³-hybridized carbons (Fsp3) is 0.765. The van der Waals surface area contributed by atoms with Crippen LogP contribution in [0.25, 0.3) is 0 Å². The van der Waals surface area contributed by atoms with Crippen molar-refractivity contribution in [2.45, 2.75) is 65.4 Å². The van der Waals surface area contributed by atoms with Gasteiger partial charge in [-0.05, 0) is 49.5 Å². The second-order valence-electron chi connectivity index (χ2n) is 7.55. The van der Waals surface area contributed by atoms with Gasteiger partial charge in [0.1, 0.15) is 16.1 Å². The van der Waals surface area contributed by atoms with Crippen LogP contribution in [-0.4, -0.2) is 17.1 Å². The topological polar surface area (TPSA) is 37.9 Å². The largest absolute Gasteiger partial charge is 0.370 e. The van der Waals surface area contributed by atoms with Gasteiger partial charge in [-0.25, -0.2) is 4.98 Å². The van der Waals surface area contributed by atoms with Crippen LogP contribution in [0.3, 0.4) is 0 Å². The molecule has 0 saturated heterocycles. The quantitative estimate of drug-likeness (QED) is 0.813. The summed E-state index contributed by atoms with van der Waals surface area (Å²) in [5.74, 6) is 1.51. The molecular formula is C17H28N2OS. The van der Waals surface area contributed by atoms with E-state index in [0.29, 0.717) is 16.0 Å². The zero-order chi connectivity index (χ0) is 15.7. The maximum Gasteiger partial charge on any atom is 0.140 e. The molecule has 0 amide bonds. The summed E-state index contributed by atoms with van der Waals surface area (Å²) in [5, 5.41) is 0. The van der Waals surface area contributed by atoms with Crippen LogP contribution in [0.15, 0.2) is 6.07 Å². The predicted molar refractivity (Wildman–Crippen MR) is 88.9 cm³/mol. The van der Waals surface area contributed by atoms with E-state index < -0.39 is 0 Å². The van der Waals surface area contributed by atoms with Gasteiger partial charge in [0.25, 0.3) is 0 Å². The number of nitrogens with zero attached hydrogens (tertiary/aromatic N) is 1. The van der Waals surface area contributed by atoms with E-state index in [2.05, 4.69) is 37.7 Å². The van der Waals surface area contributed by atoms with E-state index in [-0.39, 0.29) is 5.60 Å². The number of methoxy groups -OCH3 is 1. The smallest absolute Gasteiger partial charge is 0.140 e. The number of ether oxygens (including phenoxy) is 1. The van der Waals surface area contributed by atoms with Crippen LogP contribution in [0, 0.1) is 16.0 Å². The molecular weight excluding hydrogens is 280 g/mol. The van der Waals surface area contributed by atoms with E-state index in [4.69, 9.17) is 17.0 Å². The zero-order valence-corrected chi connectivity index (χ0v) is 14.8. The Morgan fingerprint density at radius 2 is 1.90 bits per heavy atom. The van der Waals surface area contributed by atoms with E-state index in [0.717, 1.165) is 37.9 Å². The highest BCUT2D eigenvalue weighted by molar-refractivity contribution is 7.71. The molecule has 0 aromatic carbocycles. The van der Waals surface area contributed by atoms with Crippen molar-refractivity contribution in [3.05, 3.63) is 22.2 Å². The van der Waals surface area contributed by atoms with Crippen LogP contribution < -0.4 is 0 Å². The summed E-state index contributed by atoms with van der Waals surface area (Å²) in [5.41, 5.74) is 1.27. The molecule has 2 rings (SSSR count). The maximum atomic E-state index is 5.93. The van der Waals surface area contributed by atoms with Crippen molar-refractivity contribution in [1.82, 2.24) is 9.97 Å². The third-order valence-corrected chi connectivity index (χ3v) is 4.87. The second-order valence-corrected chi connectivity index (χ2v) is 7.97. The van der Waals surface area contributed by atoms with Gasteiger partial charge in [0.2, 0.25) is 0 Å². The third kappa shape index (κ3) is 3.92. The van der Waals surface area contributed by atoms with Crippen LogP contribution in [0.5, 0.6) is 0 Å². The average molecular weight is 308 g/mol. The lowest BCUT2D eigenvalue weighted by Gasteiger charge is -2.42. The first-order valence-electron chi connectivity index (χ1n) is 7.92. The number of hydrogen-bond donors (Lipinski definition) is 1. The van der Waals surface area contributed by atoms with Gasteiger partial charge in [0.05, 0.1) is 0 Å². The SMILES string of the molecule is COC1(c2nc(=S)cc(CC(C)C)[nH]2)CCC(C)(C)CC1. The van der Waals surface area contributed by atoms with Crippen molar-refractivity contribution in [1.29, 1.82) is 0 Å². The molecule has 1 aromatic heterocycles. The minimum Gasteiger partial charge on any atom is -0.370 e. The average Bonchev–Trinajstić information content (AvgIpc) is 2.38. The van der Waals surface area contributed by atoms with E-state index in [1.807, 2.05) is 6.07 Å². The molecule has 0 aliphatic heterocycles. The van der Waals surface area contributed by atoms with Gasteiger partial charge in [-0.3, -0.25) is 0 Å². The lowest BCUT2D eigenvalue weighted by atomic mass is 9.70. The van der Waals surface area contributed by atoms with E-state index in [9.17, 15) is 0 Å². The van der Waals surface area contributed by atoms with Crippen molar-refractivity contribution in [2.75, 3.05) is 7.11 Å².